The Morgan fingerprint density at radius 1 is 1.37 bits per heavy atom. The number of nitrogens with one attached hydrogen (secondary N) is 2. The smallest absolute Gasteiger partial charge is 0.418 e. The zero-order chi connectivity index (χ0) is 35.9. The molecule has 3 aliphatic rings. The van der Waals surface area contributed by atoms with E-state index >= 15 is 0 Å². The summed E-state index contributed by atoms with van der Waals surface area (Å²) in [5.74, 6) is -2.39. The third kappa shape index (κ3) is 7.45. The van der Waals surface area contributed by atoms with E-state index in [0.29, 0.717) is 36.0 Å². The molecule has 1 aromatic heterocycles. The summed E-state index contributed by atoms with van der Waals surface area (Å²) in [7, 11) is -5.03. The molecule has 2 aromatic rings. The number of aliphatic hydroxyl groups is 1. The van der Waals surface area contributed by atoms with Gasteiger partial charge in [-0.15, -0.1) is 15.6 Å². The molecule has 1 aromatic carbocycles. The summed E-state index contributed by atoms with van der Waals surface area (Å²) in [6.45, 7) is 4.67. The van der Waals surface area contributed by atoms with Gasteiger partial charge < -0.3 is 41.9 Å². The molecule has 2 amide bonds. The van der Waals surface area contributed by atoms with Crippen molar-refractivity contribution in [1.29, 1.82) is 0 Å². The van der Waals surface area contributed by atoms with Crippen molar-refractivity contribution in [3.8, 4) is 5.75 Å². The molecule has 1 fully saturated rings. The number of aromatic nitrogens is 1. The van der Waals surface area contributed by atoms with Crippen molar-refractivity contribution in [3.05, 3.63) is 40.4 Å². The average Bonchev–Trinajstić information content (AvgIpc) is 3.70. The Balaban J connectivity index is 1.34. The highest BCUT2D eigenvalue weighted by Gasteiger charge is 2.58. The summed E-state index contributed by atoms with van der Waals surface area (Å²) in [5, 5.41) is 31.5. The second-order valence-electron chi connectivity index (χ2n) is 12.3. The van der Waals surface area contributed by atoms with Crippen LogP contribution in [0.4, 0.5) is 5.13 Å². The van der Waals surface area contributed by atoms with Crippen LogP contribution in [0, 0.1) is 0 Å². The summed E-state index contributed by atoms with van der Waals surface area (Å²) in [6.07, 6.45) is -0.688. The summed E-state index contributed by atoms with van der Waals surface area (Å²) in [5.41, 5.74) is 8.69. The van der Waals surface area contributed by atoms with Gasteiger partial charge in [0.1, 0.15) is 23.3 Å². The van der Waals surface area contributed by atoms with Crippen molar-refractivity contribution in [2.75, 3.05) is 18.8 Å². The normalized spacial score (nSPS) is 23.6. The molecule has 0 bridgehead atoms. The minimum Gasteiger partial charge on any atom is -0.485 e. The van der Waals surface area contributed by atoms with Gasteiger partial charge in [0, 0.05) is 24.0 Å². The van der Waals surface area contributed by atoms with E-state index in [4.69, 9.17) is 25.6 Å². The average molecular weight is 725 g/mol. The van der Waals surface area contributed by atoms with Gasteiger partial charge in [0.05, 0.1) is 17.7 Å². The number of β-lactam (4-membered cyclic amide) rings is 1. The molecule has 4 heterocycles. The summed E-state index contributed by atoms with van der Waals surface area (Å²) < 4.78 is 41.7. The Labute approximate surface area is 284 Å². The number of amides is 2. The van der Waals surface area contributed by atoms with Gasteiger partial charge in [0.2, 0.25) is 0 Å². The first kappa shape index (κ1) is 35.9. The molecule has 0 saturated carbocycles. The van der Waals surface area contributed by atoms with Crippen molar-refractivity contribution in [2.45, 2.75) is 75.5 Å². The number of hydrogen-bond acceptors (Lipinski definition) is 16. The second kappa shape index (κ2) is 13.5. The summed E-state index contributed by atoms with van der Waals surface area (Å²) in [4.78, 5) is 53.0. The SMILES string of the molecule is CC1(C)[C@H](NC(=O)/C(=N\O[C@](C)(C(=O)O)[C@H]2CCc3cc(C4=N[C@H](C[C@H](O)CN)CN4)ccc3O2)c2csc(N)n2)C(=O)N1OS(=O)(=O)O. The molecular formula is C28H36N8O11S2. The Bertz CT molecular complexity index is 1810. The number of oxime groups is 1. The molecule has 21 heteroatoms. The van der Waals surface area contributed by atoms with E-state index in [1.165, 1.54) is 26.2 Å². The summed E-state index contributed by atoms with van der Waals surface area (Å²) in [6, 6.07) is 3.88. The number of nitrogens with two attached hydrogens (primary N) is 2. The number of fused-ring (bicyclic) bond motifs is 1. The number of ether oxygens (including phenoxy) is 1. The molecule has 266 valence electrons. The molecule has 5 atom stereocenters. The monoisotopic (exact) mass is 724 g/mol. The predicted molar refractivity (Wildman–Crippen MR) is 173 cm³/mol. The van der Waals surface area contributed by atoms with Gasteiger partial charge in [0.15, 0.2) is 16.9 Å². The van der Waals surface area contributed by atoms with Gasteiger partial charge in [-0.25, -0.2) is 9.78 Å². The first-order valence-corrected chi connectivity index (χ1v) is 17.2. The molecule has 0 aliphatic carbocycles. The van der Waals surface area contributed by atoms with E-state index in [2.05, 4.69) is 30.0 Å². The number of carboxylic acids is 1. The maximum absolute atomic E-state index is 13.4. The maximum atomic E-state index is 13.4. The molecule has 49 heavy (non-hydrogen) atoms. The zero-order valence-corrected chi connectivity index (χ0v) is 28.2. The van der Waals surface area contributed by atoms with Crippen LogP contribution in [0.5, 0.6) is 5.75 Å². The lowest BCUT2D eigenvalue weighted by Crippen LogP contribution is -2.76. The van der Waals surface area contributed by atoms with Gasteiger partial charge in [-0.2, -0.15) is 13.5 Å². The largest absolute Gasteiger partial charge is 0.485 e. The molecule has 19 nitrogen and oxygen atoms in total. The third-order valence-corrected chi connectivity index (χ3v) is 9.39. The molecule has 5 rings (SSSR count). The Kier molecular flexibility index (Phi) is 9.87. The lowest BCUT2D eigenvalue weighted by Gasteiger charge is -2.50. The number of rotatable bonds is 13. The zero-order valence-electron chi connectivity index (χ0n) is 26.5. The van der Waals surface area contributed by atoms with E-state index in [1.54, 1.807) is 12.1 Å². The lowest BCUT2D eigenvalue weighted by atomic mass is 9.84. The molecule has 3 aliphatic heterocycles. The number of aliphatic imine (C=N–C) groups is 1. The number of benzene rings is 1. The number of aryl methyl sites for hydroxylation is 1. The Morgan fingerprint density at radius 3 is 2.71 bits per heavy atom. The van der Waals surface area contributed by atoms with Crippen LogP contribution in [0.3, 0.4) is 0 Å². The molecular weight excluding hydrogens is 688 g/mol. The minimum absolute atomic E-state index is 0.0540. The van der Waals surface area contributed by atoms with Crippen LogP contribution in [0.25, 0.3) is 0 Å². The quantitative estimate of drug-likeness (QED) is 0.0561. The molecule has 0 spiro atoms. The fourth-order valence-electron chi connectivity index (χ4n) is 5.53. The highest BCUT2D eigenvalue weighted by molar-refractivity contribution is 7.80. The number of carbonyl (C=O) groups is 3. The van der Waals surface area contributed by atoms with Gasteiger partial charge in [-0.05, 0) is 63.8 Å². The minimum atomic E-state index is -5.03. The van der Waals surface area contributed by atoms with Gasteiger partial charge in [-0.3, -0.25) is 19.1 Å². The molecule has 9 N–H and O–H groups in total. The van der Waals surface area contributed by atoms with Crippen LogP contribution >= 0.6 is 11.3 Å². The fourth-order valence-corrected chi connectivity index (χ4v) is 6.53. The number of aliphatic carboxylic acids is 1. The van der Waals surface area contributed by atoms with Crippen LogP contribution in [-0.2, 0) is 40.3 Å². The highest BCUT2D eigenvalue weighted by Crippen LogP contribution is 2.35. The first-order chi connectivity index (χ1) is 22.9. The van der Waals surface area contributed by atoms with Gasteiger partial charge in [0.25, 0.3) is 17.4 Å². The Morgan fingerprint density at radius 2 is 2.10 bits per heavy atom. The number of hydroxylamine groups is 2. The third-order valence-electron chi connectivity index (χ3n) is 8.38. The van der Waals surface area contributed by atoms with Crippen molar-refractivity contribution < 1.29 is 51.4 Å². The lowest BCUT2D eigenvalue weighted by molar-refractivity contribution is -0.218. The van der Waals surface area contributed by atoms with E-state index in [1.807, 2.05) is 6.07 Å². The number of carboxylic acid groups (broad SMARTS) is 1. The van der Waals surface area contributed by atoms with Crippen LogP contribution in [0.15, 0.2) is 33.7 Å². The van der Waals surface area contributed by atoms with Crippen molar-refractivity contribution in [2.24, 2.45) is 15.9 Å². The number of amidine groups is 1. The number of nitrogens with zero attached hydrogens (tertiary/aromatic N) is 4. The van der Waals surface area contributed by atoms with E-state index in [0.717, 1.165) is 22.5 Å². The molecule has 1 saturated heterocycles. The van der Waals surface area contributed by atoms with Crippen molar-refractivity contribution in [3.63, 3.8) is 0 Å². The maximum Gasteiger partial charge on any atom is 0.418 e. The topological polar surface area (TPSA) is 291 Å². The van der Waals surface area contributed by atoms with E-state index in [-0.39, 0.29) is 29.8 Å². The number of thiazole rings is 1. The van der Waals surface area contributed by atoms with Crippen molar-refractivity contribution in [1.82, 2.24) is 20.7 Å². The number of aliphatic hydroxyl groups excluding tert-OH is 1. The second-order valence-corrected chi connectivity index (χ2v) is 14.2. The van der Waals surface area contributed by atoms with Crippen LogP contribution in [0.1, 0.15) is 50.4 Å². The van der Waals surface area contributed by atoms with Gasteiger partial charge in [-0.1, -0.05) is 5.16 Å². The molecule has 0 unspecified atom stereocenters. The van der Waals surface area contributed by atoms with Gasteiger partial charge >= 0.3 is 16.4 Å². The van der Waals surface area contributed by atoms with E-state index in [9.17, 15) is 33.0 Å². The number of hydrogen-bond donors (Lipinski definition) is 7. The predicted octanol–water partition coefficient (Wildman–Crippen LogP) is -1.05. The van der Waals surface area contributed by atoms with Crippen LogP contribution in [-0.4, -0.2) is 111 Å². The summed E-state index contributed by atoms with van der Waals surface area (Å²) >= 11 is 0.960. The number of nitrogen functional groups attached to an aromatic ring is 1. The van der Waals surface area contributed by atoms with Crippen LogP contribution in [0.2, 0.25) is 0 Å². The van der Waals surface area contributed by atoms with E-state index < -0.39 is 63.3 Å². The fraction of sp³-hybridized carbons (Fsp3) is 0.500. The number of carbonyl (C=O) groups excluding carboxylic acids is 2. The standard InChI is InChI=1S/C28H36N8O11S2/c1-27(2)21(24(39)36(27)47-49(42,43)44)34-23(38)20(17-12-48-26(30)33-17)35-46-28(3,25(40)41)19-7-5-13-8-14(4-6-18(13)45-19)22-31-11-15(32-22)9-16(37)10-29/h4,6,8,12,15-16,19,21,37H,5,7,9-11,29H2,1-3H3,(H2,30,33)(H,31,32)(H,34,38)(H,40,41)(H,42,43,44)/b35-20-/t15-,16+,19-,21-,28+/m1/s1. The Hall–Kier alpha value is -4.41. The van der Waals surface area contributed by atoms with Crippen molar-refractivity contribution >= 4 is 56.2 Å². The molecule has 0 radical (unpaired) electrons. The van der Waals surface area contributed by atoms with Crippen LogP contribution < -0.4 is 26.8 Å². The first-order valence-electron chi connectivity index (χ1n) is 15.0. The highest BCUT2D eigenvalue weighted by atomic mass is 32.3. The number of anilines is 1.